The molecule has 1 aromatic heterocycles. The molecule has 0 spiro atoms. The molecule has 0 N–H and O–H groups in total. The van der Waals surface area contributed by atoms with Gasteiger partial charge in [0.25, 0.3) is 0 Å². The number of fused-ring (bicyclic) bond motifs is 1. The highest BCUT2D eigenvalue weighted by Gasteiger charge is 2.05. The van der Waals surface area contributed by atoms with Crippen molar-refractivity contribution >= 4 is 49.4 Å². The Morgan fingerprint density at radius 3 is 3.17 bits per heavy atom. The zero-order valence-electron chi connectivity index (χ0n) is 8.88. The van der Waals surface area contributed by atoms with E-state index in [0.29, 0.717) is 5.52 Å². The molecule has 0 aliphatic heterocycles. The summed E-state index contributed by atoms with van der Waals surface area (Å²) in [6.07, 6.45) is 1.54. The Morgan fingerprint density at radius 1 is 1.67 bits per heavy atom. The third kappa shape index (κ3) is 1.26. The highest BCUT2D eigenvalue weighted by molar-refractivity contribution is 14.1. The van der Waals surface area contributed by atoms with E-state index in [1.807, 2.05) is 12.1 Å². The largest absolute Gasteiger partial charge is 0.275 e. The molecular formula is C8H6BrIN2. The Morgan fingerprint density at radius 2 is 2.50 bits per heavy atom. The summed E-state index contributed by atoms with van der Waals surface area (Å²) in [5.41, 5.74) is 0.709. The van der Waals surface area contributed by atoms with Gasteiger partial charge >= 0.3 is 0 Å². The van der Waals surface area contributed by atoms with E-state index in [9.17, 15) is 0 Å². The van der Waals surface area contributed by atoms with E-state index < -0.39 is 6.98 Å². The lowest BCUT2D eigenvalue weighted by Gasteiger charge is -1.93. The fourth-order valence-electron chi connectivity index (χ4n) is 1.04. The predicted molar refractivity (Wildman–Crippen MR) is 61.1 cm³/mol. The van der Waals surface area contributed by atoms with Gasteiger partial charge in [0, 0.05) is 30.7 Å². The smallest absolute Gasteiger partial charge is 0.107 e. The second-order valence-corrected chi connectivity index (χ2v) is 4.38. The Balaban J connectivity index is 2.76. The quantitative estimate of drug-likeness (QED) is 0.675. The molecule has 1 heterocycles. The van der Waals surface area contributed by atoms with Gasteiger partial charge in [-0.2, -0.15) is 5.10 Å². The fraction of sp³-hybridized carbons (Fsp3) is 0.125. The van der Waals surface area contributed by atoms with Gasteiger partial charge in [0.1, 0.15) is 5.52 Å². The summed E-state index contributed by atoms with van der Waals surface area (Å²) in [7, 11) is 0. The third-order valence-corrected chi connectivity index (χ3v) is 3.14. The summed E-state index contributed by atoms with van der Waals surface area (Å²) in [6, 6.07) is 3.78. The van der Waals surface area contributed by atoms with Gasteiger partial charge < -0.3 is 0 Å². The van der Waals surface area contributed by atoms with Crippen molar-refractivity contribution in [1.29, 1.82) is 0 Å². The molecule has 62 valence electrons. The number of benzene rings is 1. The minimum absolute atomic E-state index is 0.709. The van der Waals surface area contributed by atoms with Crippen LogP contribution in [0, 0.1) is 3.57 Å². The number of hydrogen-bond donors (Lipinski definition) is 0. The number of halogens is 2. The molecule has 0 amide bonds. The Labute approximate surface area is 96.4 Å². The molecule has 0 fully saturated rings. The first-order valence-corrected chi connectivity index (χ1v) is 5.10. The molecule has 0 aliphatic carbocycles. The van der Waals surface area contributed by atoms with Crippen molar-refractivity contribution in [3.63, 3.8) is 0 Å². The lowest BCUT2D eigenvalue weighted by Crippen LogP contribution is -1.85. The normalized spacial score (nSPS) is 15.7. The summed E-state index contributed by atoms with van der Waals surface area (Å²) in [6.45, 7) is -2.22. The van der Waals surface area contributed by atoms with Gasteiger partial charge in [-0.15, -0.1) is 0 Å². The highest BCUT2D eigenvalue weighted by atomic mass is 127. The first-order chi connectivity index (χ1) is 6.89. The minimum Gasteiger partial charge on any atom is -0.275 e. The van der Waals surface area contributed by atoms with Crippen LogP contribution < -0.4 is 0 Å². The minimum atomic E-state index is -2.22. The van der Waals surface area contributed by atoms with Crippen molar-refractivity contribution in [3.8, 4) is 0 Å². The topological polar surface area (TPSA) is 17.8 Å². The lowest BCUT2D eigenvalue weighted by molar-refractivity contribution is 0.779. The van der Waals surface area contributed by atoms with E-state index in [4.69, 9.17) is 4.11 Å². The monoisotopic (exact) mass is 339 g/mol. The highest BCUT2D eigenvalue weighted by Crippen LogP contribution is 2.26. The molecule has 0 atom stereocenters. The zero-order chi connectivity index (χ0) is 11.2. The summed E-state index contributed by atoms with van der Waals surface area (Å²) in [5, 5.41) is 4.88. The van der Waals surface area contributed by atoms with Gasteiger partial charge in [-0.1, -0.05) is 15.9 Å². The van der Waals surface area contributed by atoms with Crippen molar-refractivity contribution in [1.82, 2.24) is 9.78 Å². The van der Waals surface area contributed by atoms with Crippen LogP contribution in [-0.2, 0) is 6.98 Å². The van der Waals surface area contributed by atoms with E-state index in [0.717, 1.165) is 18.1 Å². The van der Waals surface area contributed by atoms with Gasteiger partial charge in [-0.05, 0) is 34.7 Å². The van der Waals surface area contributed by atoms with Crippen LogP contribution in [-0.4, -0.2) is 9.78 Å². The molecule has 2 nitrogen and oxygen atoms in total. The van der Waals surface area contributed by atoms with E-state index in [1.165, 1.54) is 6.20 Å². The van der Waals surface area contributed by atoms with E-state index in [-0.39, 0.29) is 0 Å². The summed E-state index contributed by atoms with van der Waals surface area (Å²) >= 11 is 5.51. The third-order valence-electron chi connectivity index (χ3n) is 1.57. The maximum Gasteiger partial charge on any atom is 0.107 e. The molecule has 0 bridgehead atoms. The van der Waals surface area contributed by atoms with Crippen LogP contribution in [0.5, 0.6) is 0 Å². The number of aryl methyl sites for hydroxylation is 1. The van der Waals surface area contributed by atoms with Crippen molar-refractivity contribution in [2.75, 3.05) is 0 Å². The van der Waals surface area contributed by atoms with E-state index in [2.05, 4.69) is 43.6 Å². The van der Waals surface area contributed by atoms with Crippen molar-refractivity contribution < 1.29 is 4.11 Å². The summed E-state index contributed by atoms with van der Waals surface area (Å²) < 4.78 is 24.6. The first kappa shape index (κ1) is 5.59. The Bertz CT molecular complexity index is 481. The van der Waals surface area contributed by atoms with Gasteiger partial charge in [0.15, 0.2) is 0 Å². The maximum atomic E-state index is 7.26. The van der Waals surface area contributed by atoms with Crippen molar-refractivity contribution in [3.05, 3.63) is 26.4 Å². The molecule has 2 aromatic rings. The van der Waals surface area contributed by atoms with E-state index >= 15 is 0 Å². The fourth-order valence-corrected chi connectivity index (χ4v) is 2.04. The second-order valence-electron chi connectivity index (χ2n) is 2.37. The van der Waals surface area contributed by atoms with Gasteiger partial charge in [0.05, 0.1) is 0 Å². The number of nitrogens with zero attached hydrogens (tertiary/aromatic N) is 2. The van der Waals surface area contributed by atoms with Crippen LogP contribution in [0.2, 0.25) is 0 Å². The van der Waals surface area contributed by atoms with Crippen LogP contribution in [0.15, 0.2) is 22.8 Å². The Hall–Kier alpha value is -0.100. The predicted octanol–water partition coefficient (Wildman–Crippen LogP) is 2.94. The van der Waals surface area contributed by atoms with Crippen LogP contribution in [0.25, 0.3) is 10.9 Å². The van der Waals surface area contributed by atoms with Crippen molar-refractivity contribution in [2.45, 2.75) is 0 Å². The van der Waals surface area contributed by atoms with Crippen molar-refractivity contribution in [2.24, 2.45) is 6.98 Å². The molecule has 0 saturated carbocycles. The van der Waals surface area contributed by atoms with Crippen LogP contribution >= 0.6 is 38.5 Å². The number of rotatable bonds is 0. The van der Waals surface area contributed by atoms with Gasteiger partial charge in [0.2, 0.25) is 0 Å². The van der Waals surface area contributed by atoms with Crippen LogP contribution in [0.3, 0.4) is 0 Å². The SMILES string of the molecule is [2H]C([2H])([2H])n1cc2c(Br)ccc(I)c2n1. The number of aromatic nitrogens is 2. The second kappa shape index (κ2) is 2.99. The lowest BCUT2D eigenvalue weighted by atomic mass is 10.3. The average Bonchev–Trinajstić information content (AvgIpc) is 2.56. The summed E-state index contributed by atoms with van der Waals surface area (Å²) in [5.74, 6) is 0. The molecule has 1 aromatic carbocycles. The molecule has 0 saturated heterocycles. The summed E-state index contributed by atoms with van der Waals surface area (Å²) in [4.78, 5) is 0. The molecule has 0 aliphatic rings. The molecule has 2 rings (SSSR count). The molecule has 12 heavy (non-hydrogen) atoms. The average molecular weight is 340 g/mol. The molecule has 4 heteroatoms. The standard InChI is InChI=1S/C8H6BrIN2/c1-12-4-5-6(9)2-3-7(10)8(5)11-12/h2-4H,1H3/i1D3. The molecular weight excluding hydrogens is 331 g/mol. The maximum absolute atomic E-state index is 7.26. The zero-order valence-corrected chi connectivity index (χ0v) is 9.63. The van der Waals surface area contributed by atoms with Crippen LogP contribution in [0.4, 0.5) is 0 Å². The van der Waals surface area contributed by atoms with Gasteiger partial charge in [-0.3, -0.25) is 4.68 Å². The molecule has 0 radical (unpaired) electrons. The Kier molecular flexibility index (Phi) is 1.39. The number of hydrogen-bond acceptors (Lipinski definition) is 1. The molecule has 0 unspecified atom stereocenters. The van der Waals surface area contributed by atoms with Crippen LogP contribution in [0.1, 0.15) is 4.11 Å². The van der Waals surface area contributed by atoms with Gasteiger partial charge in [-0.25, -0.2) is 0 Å². The first-order valence-electron chi connectivity index (χ1n) is 4.73. The van der Waals surface area contributed by atoms with E-state index in [1.54, 1.807) is 0 Å².